The first kappa shape index (κ1) is 23.0. The van der Waals surface area contributed by atoms with Crippen LogP contribution in [0.2, 0.25) is 0 Å². The van der Waals surface area contributed by atoms with Crippen molar-refractivity contribution in [3.8, 4) is 11.5 Å². The summed E-state index contributed by atoms with van der Waals surface area (Å²) in [5.41, 5.74) is 0.773. The SMILES string of the molecule is C=CCOc1ccc(C(=O)OCC(=O)NCC(=O)Nc2ccccc2Br)cc1OC. The van der Waals surface area contributed by atoms with E-state index in [1.54, 1.807) is 30.3 Å². The molecule has 0 atom stereocenters. The van der Waals surface area contributed by atoms with Crippen LogP contribution in [0.5, 0.6) is 11.5 Å². The standard InChI is InChI=1S/C21H21BrN2O6/c1-3-10-29-17-9-8-14(11-18(17)28-2)21(27)30-13-20(26)23-12-19(25)24-16-7-5-4-6-15(16)22/h3-9,11H,1,10,12-13H2,2H3,(H,23,26)(H,24,25). The summed E-state index contributed by atoms with van der Waals surface area (Å²) < 4.78 is 16.3. The number of amides is 2. The molecule has 0 aliphatic carbocycles. The summed E-state index contributed by atoms with van der Waals surface area (Å²) in [4.78, 5) is 35.9. The van der Waals surface area contributed by atoms with E-state index in [9.17, 15) is 14.4 Å². The molecule has 2 N–H and O–H groups in total. The number of carbonyl (C=O) groups excluding carboxylic acids is 3. The minimum absolute atomic E-state index is 0.192. The molecule has 9 heteroatoms. The first-order valence-electron chi connectivity index (χ1n) is 8.84. The van der Waals surface area contributed by atoms with Gasteiger partial charge in [0.1, 0.15) is 6.61 Å². The largest absolute Gasteiger partial charge is 0.493 e. The highest BCUT2D eigenvalue weighted by Gasteiger charge is 2.14. The number of para-hydroxylation sites is 1. The fourth-order valence-corrected chi connectivity index (χ4v) is 2.65. The Morgan fingerprint density at radius 3 is 2.57 bits per heavy atom. The van der Waals surface area contributed by atoms with Crippen LogP contribution in [0.3, 0.4) is 0 Å². The first-order valence-corrected chi connectivity index (χ1v) is 9.63. The number of hydrogen-bond acceptors (Lipinski definition) is 6. The van der Waals surface area contributed by atoms with Gasteiger partial charge in [-0.05, 0) is 46.3 Å². The van der Waals surface area contributed by atoms with E-state index in [2.05, 4.69) is 33.1 Å². The molecule has 2 aromatic carbocycles. The van der Waals surface area contributed by atoms with Gasteiger partial charge in [0.05, 0.1) is 24.9 Å². The Bertz CT molecular complexity index is 931. The molecule has 2 amide bonds. The fraction of sp³-hybridized carbons (Fsp3) is 0.190. The molecule has 158 valence electrons. The zero-order valence-corrected chi connectivity index (χ0v) is 17.9. The number of methoxy groups -OCH3 is 1. The normalized spacial score (nSPS) is 9.93. The summed E-state index contributed by atoms with van der Waals surface area (Å²) >= 11 is 3.31. The summed E-state index contributed by atoms with van der Waals surface area (Å²) in [5, 5.41) is 5.03. The lowest BCUT2D eigenvalue weighted by Crippen LogP contribution is -2.35. The van der Waals surface area contributed by atoms with Gasteiger partial charge >= 0.3 is 5.97 Å². The molecule has 30 heavy (non-hydrogen) atoms. The van der Waals surface area contributed by atoms with E-state index < -0.39 is 24.4 Å². The lowest BCUT2D eigenvalue weighted by atomic mass is 10.2. The van der Waals surface area contributed by atoms with Gasteiger partial charge in [-0.15, -0.1) is 0 Å². The van der Waals surface area contributed by atoms with Crippen LogP contribution in [0.25, 0.3) is 0 Å². The lowest BCUT2D eigenvalue weighted by Gasteiger charge is -2.11. The number of rotatable bonds is 10. The van der Waals surface area contributed by atoms with Crippen molar-refractivity contribution in [1.82, 2.24) is 5.32 Å². The summed E-state index contributed by atoms with van der Waals surface area (Å²) in [5.74, 6) is -0.941. The van der Waals surface area contributed by atoms with E-state index in [4.69, 9.17) is 14.2 Å². The summed E-state index contributed by atoms with van der Waals surface area (Å²) in [7, 11) is 1.44. The van der Waals surface area contributed by atoms with E-state index in [1.807, 2.05) is 6.07 Å². The smallest absolute Gasteiger partial charge is 0.338 e. The molecular weight excluding hydrogens is 456 g/mol. The summed E-state index contributed by atoms with van der Waals surface area (Å²) in [6.07, 6.45) is 1.58. The molecule has 0 aliphatic heterocycles. The van der Waals surface area contributed by atoms with Crippen molar-refractivity contribution in [2.75, 3.05) is 32.2 Å². The maximum absolute atomic E-state index is 12.2. The van der Waals surface area contributed by atoms with Crippen LogP contribution in [0.4, 0.5) is 5.69 Å². The fourth-order valence-electron chi connectivity index (χ4n) is 2.26. The average molecular weight is 477 g/mol. The minimum Gasteiger partial charge on any atom is -0.493 e. The molecule has 0 spiro atoms. The van der Waals surface area contributed by atoms with Gasteiger partial charge in [-0.3, -0.25) is 9.59 Å². The molecular formula is C21H21BrN2O6. The van der Waals surface area contributed by atoms with Crippen LogP contribution in [-0.2, 0) is 14.3 Å². The third-order valence-electron chi connectivity index (χ3n) is 3.68. The number of carbonyl (C=O) groups is 3. The highest BCUT2D eigenvalue weighted by atomic mass is 79.9. The Morgan fingerprint density at radius 2 is 1.87 bits per heavy atom. The lowest BCUT2D eigenvalue weighted by molar-refractivity contribution is -0.126. The van der Waals surface area contributed by atoms with E-state index in [1.165, 1.54) is 19.2 Å². The van der Waals surface area contributed by atoms with Gasteiger partial charge in [-0.1, -0.05) is 24.8 Å². The van der Waals surface area contributed by atoms with Gasteiger partial charge in [0.2, 0.25) is 5.91 Å². The Hall–Kier alpha value is -3.33. The summed E-state index contributed by atoms with van der Waals surface area (Å²) in [6, 6.07) is 11.6. The predicted octanol–water partition coefficient (Wildman–Crippen LogP) is 2.93. The van der Waals surface area contributed by atoms with Gasteiger partial charge < -0.3 is 24.8 Å². The topological polar surface area (TPSA) is 103 Å². The molecule has 0 radical (unpaired) electrons. The predicted molar refractivity (Wildman–Crippen MR) is 115 cm³/mol. The monoisotopic (exact) mass is 476 g/mol. The molecule has 0 unspecified atom stereocenters. The first-order chi connectivity index (χ1) is 14.4. The van der Waals surface area contributed by atoms with Crippen LogP contribution in [0.1, 0.15) is 10.4 Å². The zero-order chi connectivity index (χ0) is 21.9. The molecule has 0 saturated heterocycles. The Balaban J connectivity index is 1.81. The van der Waals surface area contributed by atoms with Gasteiger partial charge in [0.25, 0.3) is 5.91 Å². The summed E-state index contributed by atoms with van der Waals surface area (Å²) in [6.45, 7) is 3.06. The maximum Gasteiger partial charge on any atom is 0.338 e. The van der Waals surface area contributed by atoms with Crippen molar-refractivity contribution in [1.29, 1.82) is 0 Å². The number of anilines is 1. The minimum atomic E-state index is -0.712. The van der Waals surface area contributed by atoms with Crippen molar-refractivity contribution in [3.63, 3.8) is 0 Å². The van der Waals surface area contributed by atoms with Gasteiger partial charge in [0, 0.05) is 4.47 Å². The van der Waals surface area contributed by atoms with E-state index in [0.717, 1.165) is 4.47 Å². The van der Waals surface area contributed by atoms with Gasteiger partial charge in [-0.25, -0.2) is 4.79 Å². The van der Waals surface area contributed by atoms with Crippen LogP contribution in [0.15, 0.2) is 59.6 Å². The van der Waals surface area contributed by atoms with Crippen LogP contribution < -0.4 is 20.1 Å². The number of benzene rings is 2. The van der Waals surface area contributed by atoms with Crippen molar-refractivity contribution in [2.24, 2.45) is 0 Å². The molecule has 0 saturated carbocycles. The third kappa shape index (κ3) is 6.93. The highest BCUT2D eigenvalue weighted by molar-refractivity contribution is 9.10. The number of nitrogens with one attached hydrogen (secondary N) is 2. The molecule has 0 fully saturated rings. The maximum atomic E-state index is 12.2. The van der Waals surface area contributed by atoms with Gasteiger partial charge in [-0.2, -0.15) is 0 Å². The van der Waals surface area contributed by atoms with Gasteiger partial charge in [0.15, 0.2) is 18.1 Å². The van der Waals surface area contributed by atoms with E-state index in [-0.39, 0.29) is 18.7 Å². The molecule has 8 nitrogen and oxygen atoms in total. The van der Waals surface area contributed by atoms with Crippen molar-refractivity contribution in [3.05, 3.63) is 65.2 Å². The van der Waals surface area contributed by atoms with Crippen molar-refractivity contribution < 1.29 is 28.6 Å². The van der Waals surface area contributed by atoms with Crippen LogP contribution in [-0.4, -0.2) is 44.7 Å². The second-order valence-electron chi connectivity index (χ2n) is 5.85. The van der Waals surface area contributed by atoms with E-state index >= 15 is 0 Å². The number of esters is 1. The Morgan fingerprint density at radius 1 is 1.10 bits per heavy atom. The highest BCUT2D eigenvalue weighted by Crippen LogP contribution is 2.28. The Labute approximate surface area is 182 Å². The second-order valence-corrected chi connectivity index (χ2v) is 6.70. The number of ether oxygens (including phenoxy) is 3. The molecule has 0 bridgehead atoms. The molecule has 2 aromatic rings. The van der Waals surface area contributed by atoms with Crippen LogP contribution in [0, 0.1) is 0 Å². The number of halogens is 1. The quantitative estimate of drug-likeness (QED) is 0.403. The van der Waals surface area contributed by atoms with E-state index in [0.29, 0.717) is 17.2 Å². The Kier molecular flexibility index (Phi) is 8.89. The zero-order valence-electron chi connectivity index (χ0n) is 16.3. The van der Waals surface area contributed by atoms with Crippen LogP contribution >= 0.6 is 15.9 Å². The molecule has 0 aromatic heterocycles. The molecule has 0 heterocycles. The number of hydrogen-bond donors (Lipinski definition) is 2. The average Bonchev–Trinajstić information content (AvgIpc) is 2.76. The second kappa shape index (κ2) is 11.6. The van der Waals surface area contributed by atoms with Crippen molar-refractivity contribution >= 4 is 39.4 Å². The molecule has 0 aliphatic rings. The third-order valence-corrected chi connectivity index (χ3v) is 4.38. The molecule has 2 rings (SSSR count). The van der Waals surface area contributed by atoms with Crippen molar-refractivity contribution in [2.45, 2.75) is 0 Å².